The Balaban J connectivity index is 1.24. The number of fused-ring (bicyclic) bond motifs is 1. The lowest BCUT2D eigenvalue weighted by atomic mass is 9.91. The van der Waals surface area contributed by atoms with Crippen molar-refractivity contribution >= 4 is 17.2 Å². The van der Waals surface area contributed by atoms with E-state index in [1.165, 1.54) is 6.20 Å². The lowest BCUT2D eigenvalue weighted by Crippen LogP contribution is -2.26. The van der Waals surface area contributed by atoms with Crippen molar-refractivity contribution in [2.24, 2.45) is 0 Å². The van der Waals surface area contributed by atoms with E-state index in [4.69, 9.17) is 26.2 Å². The summed E-state index contributed by atoms with van der Waals surface area (Å²) in [6.45, 7) is 6.09. The van der Waals surface area contributed by atoms with Crippen molar-refractivity contribution in [3.63, 3.8) is 0 Å². The summed E-state index contributed by atoms with van der Waals surface area (Å²) in [5, 5.41) is 34.3. The van der Waals surface area contributed by atoms with Gasteiger partial charge >= 0.3 is 0 Å². The number of nitrogens with zero attached hydrogens (tertiary/aromatic N) is 4. The predicted octanol–water partition coefficient (Wildman–Crippen LogP) is 5.89. The van der Waals surface area contributed by atoms with Gasteiger partial charge in [-0.2, -0.15) is 5.26 Å². The summed E-state index contributed by atoms with van der Waals surface area (Å²) in [6.07, 6.45) is 6.51. The van der Waals surface area contributed by atoms with Crippen LogP contribution in [0.1, 0.15) is 38.9 Å². The molecule has 0 atom stereocenters. The molecule has 0 saturated heterocycles. The van der Waals surface area contributed by atoms with Gasteiger partial charge in [-0.3, -0.25) is 14.2 Å². The standard InChI is InChI=1S/C42H41ClN6O5/c1-27-35(31-9-12-49-41(18-31)48-24-34(42(49)52)23-46-11-14-51)5-3-6-36(27)37-7-4-8-39(28(37)2)54-26-33-17-40(32(16-38(33)43)22-45-10-13-50)53-25-30-15-29(19-44)20-47-21-30/h3-9,12,15-18,20-21,24,45-46,50-51H,10-11,13-14,22-23,25-26H2,1-2H3. The molecule has 11 nitrogen and oxygen atoms in total. The number of nitrogens with one attached hydrogen (secondary N) is 2. The molecule has 6 rings (SSSR count). The fourth-order valence-electron chi connectivity index (χ4n) is 6.27. The highest BCUT2D eigenvalue weighted by atomic mass is 35.5. The Labute approximate surface area is 318 Å². The first-order chi connectivity index (χ1) is 26.3. The number of hydrogen-bond acceptors (Lipinski definition) is 10. The highest BCUT2D eigenvalue weighted by Crippen LogP contribution is 2.37. The molecule has 0 spiro atoms. The first kappa shape index (κ1) is 38.1. The molecular formula is C42H41ClN6O5. The molecule has 6 aromatic rings. The number of benzene rings is 3. The number of aliphatic hydroxyl groups excluding tert-OH is 2. The van der Waals surface area contributed by atoms with Crippen LogP contribution >= 0.6 is 11.6 Å². The summed E-state index contributed by atoms with van der Waals surface area (Å²) in [5.41, 5.74) is 9.77. The SMILES string of the molecule is Cc1c(OCc2cc(OCc3cncc(C#N)c3)c(CNCCO)cc2Cl)cccc1-c1cccc(-c2ccn3c(=O)c(CNCCO)cnc3c2)c1C. The van der Waals surface area contributed by atoms with Gasteiger partial charge < -0.3 is 30.3 Å². The van der Waals surface area contributed by atoms with E-state index in [0.29, 0.717) is 59.5 Å². The lowest BCUT2D eigenvalue weighted by Gasteiger charge is -2.18. The zero-order valence-electron chi connectivity index (χ0n) is 30.1. The minimum Gasteiger partial charge on any atom is -0.489 e. The van der Waals surface area contributed by atoms with E-state index in [-0.39, 0.29) is 32.0 Å². The maximum atomic E-state index is 13.1. The number of nitriles is 1. The molecule has 3 heterocycles. The molecule has 0 amide bonds. The van der Waals surface area contributed by atoms with Crippen LogP contribution in [0, 0.1) is 25.2 Å². The fourth-order valence-corrected chi connectivity index (χ4v) is 6.51. The molecule has 0 saturated carbocycles. The Morgan fingerprint density at radius 1 is 0.796 bits per heavy atom. The molecule has 0 fully saturated rings. The molecule has 0 radical (unpaired) electrons. The van der Waals surface area contributed by atoms with Gasteiger partial charge in [0.25, 0.3) is 5.56 Å². The van der Waals surface area contributed by atoms with Gasteiger partial charge in [-0.05, 0) is 83.6 Å². The van der Waals surface area contributed by atoms with Crippen molar-refractivity contribution in [1.82, 2.24) is 25.0 Å². The van der Waals surface area contributed by atoms with Crippen LogP contribution in [0.3, 0.4) is 0 Å². The third-order valence-electron chi connectivity index (χ3n) is 9.14. The van der Waals surface area contributed by atoms with Crippen molar-refractivity contribution < 1.29 is 19.7 Å². The molecular weight excluding hydrogens is 704 g/mol. The van der Waals surface area contributed by atoms with Gasteiger partial charge in [0.2, 0.25) is 0 Å². The van der Waals surface area contributed by atoms with Crippen molar-refractivity contribution in [2.45, 2.75) is 40.2 Å². The summed E-state index contributed by atoms with van der Waals surface area (Å²) >= 11 is 6.79. The molecule has 0 aliphatic carbocycles. The molecule has 4 N–H and O–H groups in total. The number of aromatic nitrogens is 3. The summed E-state index contributed by atoms with van der Waals surface area (Å²) in [7, 11) is 0. The summed E-state index contributed by atoms with van der Waals surface area (Å²) in [4.78, 5) is 21.7. The maximum absolute atomic E-state index is 13.1. The predicted molar refractivity (Wildman–Crippen MR) is 208 cm³/mol. The summed E-state index contributed by atoms with van der Waals surface area (Å²) in [6, 6.07) is 23.6. The zero-order chi connectivity index (χ0) is 38.0. The Bertz CT molecular complexity index is 2370. The average molecular weight is 745 g/mol. The smallest absolute Gasteiger partial charge is 0.262 e. The molecule has 276 valence electrons. The lowest BCUT2D eigenvalue weighted by molar-refractivity contribution is 0.286. The van der Waals surface area contributed by atoms with E-state index in [0.717, 1.165) is 50.1 Å². The molecule has 3 aromatic carbocycles. The number of halogens is 1. The van der Waals surface area contributed by atoms with Crippen LogP contribution in [0.15, 0.2) is 96.3 Å². The van der Waals surface area contributed by atoms with Crippen LogP contribution in [0.5, 0.6) is 11.5 Å². The van der Waals surface area contributed by atoms with Gasteiger partial charge in [0.05, 0.1) is 18.8 Å². The molecule has 12 heteroatoms. The second-order valence-corrected chi connectivity index (χ2v) is 13.2. The Hall–Kier alpha value is -5.61. The average Bonchev–Trinajstić information content (AvgIpc) is 3.19. The van der Waals surface area contributed by atoms with E-state index >= 15 is 0 Å². The van der Waals surface area contributed by atoms with Crippen molar-refractivity contribution in [3.05, 3.63) is 146 Å². The van der Waals surface area contributed by atoms with E-state index < -0.39 is 0 Å². The third-order valence-corrected chi connectivity index (χ3v) is 9.49. The van der Waals surface area contributed by atoms with Gasteiger partial charge in [0, 0.05) is 78.2 Å². The largest absolute Gasteiger partial charge is 0.489 e. The van der Waals surface area contributed by atoms with Gasteiger partial charge in [-0.15, -0.1) is 0 Å². The van der Waals surface area contributed by atoms with Crippen LogP contribution < -0.4 is 25.7 Å². The Kier molecular flexibility index (Phi) is 12.7. The van der Waals surface area contributed by atoms with E-state index in [9.17, 15) is 15.2 Å². The van der Waals surface area contributed by atoms with Crippen LogP contribution in [0.4, 0.5) is 0 Å². The normalized spacial score (nSPS) is 11.1. The molecule has 0 bridgehead atoms. The van der Waals surface area contributed by atoms with Gasteiger partial charge in [-0.25, -0.2) is 4.98 Å². The van der Waals surface area contributed by atoms with Crippen LogP contribution in [0.25, 0.3) is 27.9 Å². The van der Waals surface area contributed by atoms with Crippen LogP contribution in [0.2, 0.25) is 5.02 Å². The minimum atomic E-state index is -0.147. The second kappa shape index (κ2) is 17.9. The Morgan fingerprint density at radius 3 is 2.26 bits per heavy atom. The van der Waals surface area contributed by atoms with Crippen LogP contribution in [-0.4, -0.2) is 50.9 Å². The molecule has 0 aliphatic rings. The quantitative estimate of drug-likeness (QED) is 0.0883. The third kappa shape index (κ3) is 8.77. The number of aliphatic hydroxyl groups is 2. The maximum Gasteiger partial charge on any atom is 0.262 e. The zero-order valence-corrected chi connectivity index (χ0v) is 30.9. The van der Waals surface area contributed by atoms with Crippen molar-refractivity contribution in [3.8, 4) is 39.8 Å². The second-order valence-electron chi connectivity index (χ2n) is 12.8. The number of hydrogen-bond donors (Lipinski definition) is 4. The Morgan fingerprint density at radius 2 is 1.50 bits per heavy atom. The first-order valence-corrected chi connectivity index (χ1v) is 17.9. The molecule has 54 heavy (non-hydrogen) atoms. The number of ether oxygens (including phenoxy) is 2. The highest BCUT2D eigenvalue weighted by molar-refractivity contribution is 6.31. The summed E-state index contributed by atoms with van der Waals surface area (Å²) < 4.78 is 14.2. The monoisotopic (exact) mass is 744 g/mol. The number of pyridine rings is 2. The van der Waals surface area contributed by atoms with Gasteiger partial charge in [0.15, 0.2) is 0 Å². The summed E-state index contributed by atoms with van der Waals surface area (Å²) in [5.74, 6) is 1.32. The van der Waals surface area contributed by atoms with Crippen molar-refractivity contribution in [2.75, 3.05) is 26.3 Å². The van der Waals surface area contributed by atoms with Gasteiger partial charge in [0.1, 0.15) is 36.4 Å². The first-order valence-electron chi connectivity index (χ1n) is 17.6. The van der Waals surface area contributed by atoms with E-state index in [2.05, 4.69) is 51.8 Å². The minimum absolute atomic E-state index is 0.000803. The highest BCUT2D eigenvalue weighted by Gasteiger charge is 2.16. The van der Waals surface area contributed by atoms with Crippen molar-refractivity contribution in [1.29, 1.82) is 5.26 Å². The topological polar surface area (TPSA) is 154 Å². The molecule has 0 aliphatic heterocycles. The van der Waals surface area contributed by atoms with E-state index in [1.54, 1.807) is 29.1 Å². The van der Waals surface area contributed by atoms with E-state index in [1.807, 2.05) is 49.4 Å². The molecule has 3 aromatic heterocycles. The van der Waals surface area contributed by atoms with Gasteiger partial charge in [-0.1, -0.05) is 41.9 Å². The van der Waals surface area contributed by atoms with Crippen LogP contribution in [-0.2, 0) is 26.3 Å². The fraction of sp³-hybridized carbons (Fsp3) is 0.238. The molecule has 0 unspecified atom stereocenters. The number of rotatable bonds is 16.